The Hall–Kier alpha value is -1.54. The minimum absolute atomic E-state index is 0.134. The van der Waals surface area contributed by atoms with Gasteiger partial charge in [-0.2, -0.15) is 0 Å². The topological polar surface area (TPSA) is 68.0 Å². The summed E-state index contributed by atoms with van der Waals surface area (Å²) in [5, 5.41) is 12.0. The molecule has 0 spiro atoms. The third kappa shape index (κ3) is 5.04. The van der Waals surface area contributed by atoms with Crippen molar-refractivity contribution in [3.63, 3.8) is 0 Å². The highest BCUT2D eigenvalue weighted by Crippen LogP contribution is 2.31. The van der Waals surface area contributed by atoms with Gasteiger partial charge in [-0.15, -0.1) is 10.2 Å². The summed E-state index contributed by atoms with van der Waals surface area (Å²) in [7, 11) is 0. The number of nitrogens with zero attached hydrogens (tertiary/aromatic N) is 2. The minimum atomic E-state index is -0.173. The van der Waals surface area contributed by atoms with Crippen molar-refractivity contribution in [2.24, 2.45) is 0 Å². The Labute approximate surface area is 179 Å². The number of halogens is 3. The Morgan fingerprint density at radius 3 is 2.67 bits per heavy atom. The molecule has 1 N–H and O–H groups in total. The fourth-order valence-electron chi connectivity index (χ4n) is 2.23. The molecule has 1 amide bonds. The van der Waals surface area contributed by atoms with E-state index < -0.39 is 0 Å². The molecule has 2 aromatic carbocycles. The number of aryl methyl sites for hydroxylation is 2. The maximum atomic E-state index is 12.2. The van der Waals surface area contributed by atoms with Crippen LogP contribution in [-0.4, -0.2) is 21.9 Å². The first-order valence-corrected chi connectivity index (χ1v) is 10.4. The molecule has 0 radical (unpaired) electrons. The van der Waals surface area contributed by atoms with E-state index in [0.29, 0.717) is 15.6 Å². The second-order valence-electron chi connectivity index (χ2n) is 5.75. The van der Waals surface area contributed by atoms with Gasteiger partial charge in [0.2, 0.25) is 11.8 Å². The molecule has 0 aliphatic heterocycles. The molecule has 3 aromatic rings. The van der Waals surface area contributed by atoms with Crippen LogP contribution >= 0.6 is 50.9 Å². The highest BCUT2D eigenvalue weighted by Gasteiger charge is 2.14. The predicted octanol–water partition coefficient (Wildman–Crippen LogP) is 6.15. The van der Waals surface area contributed by atoms with Crippen LogP contribution in [0.1, 0.15) is 11.1 Å². The lowest BCUT2D eigenvalue weighted by atomic mass is 10.1. The number of hydrogen-bond acceptors (Lipinski definition) is 5. The van der Waals surface area contributed by atoms with Crippen molar-refractivity contribution in [1.82, 2.24) is 10.2 Å². The van der Waals surface area contributed by atoms with Crippen molar-refractivity contribution < 1.29 is 9.21 Å². The number of benzene rings is 2. The van der Waals surface area contributed by atoms with Crippen LogP contribution in [0, 0.1) is 13.8 Å². The molecule has 0 aliphatic rings. The zero-order chi connectivity index (χ0) is 19.6. The Kier molecular flexibility index (Phi) is 6.47. The van der Waals surface area contributed by atoms with E-state index in [2.05, 4.69) is 31.4 Å². The van der Waals surface area contributed by atoms with Crippen molar-refractivity contribution in [2.75, 3.05) is 11.1 Å². The highest BCUT2D eigenvalue weighted by molar-refractivity contribution is 9.10. The van der Waals surface area contributed by atoms with E-state index in [1.807, 2.05) is 26.0 Å². The largest absolute Gasteiger partial charge is 0.411 e. The fourth-order valence-corrected chi connectivity index (χ4v) is 3.84. The zero-order valence-corrected chi connectivity index (χ0v) is 18.3. The summed E-state index contributed by atoms with van der Waals surface area (Å²) in [6, 6.07) is 8.89. The number of anilines is 1. The molecule has 9 heteroatoms. The van der Waals surface area contributed by atoms with Crippen LogP contribution in [-0.2, 0) is 4.79 Å². The molecule has 1 heterocycles. The number of thioether (sulfide) groups is 1. The molecular weight excluding hydrogens is 473 g/mol. The highest BCUT2D eigenvalue weighted by atomic mass is 79.9. The van der Waals surface area contributed by atoms with Crippen molar-refractivity contribution in [1.29, 1.82) is 0 Å². The quantitative estimate of drug-likeness (QED) is 0.437. The SMILES string of the molecule is Cc1cc(Br)c(NC(=O)CSc2nnc(-c3ccc(Cl)cc3Cl)o2)cc1C. The van der Waals surface area contributed by atoms with E-state index in [-0.39, 0.29) is 22.8 Å². The molecule has 0 unspecified atom stereocenters. The zero-order valence-electron chi connectivity index (χ0n) is 14.3. The summed E-state index contributed by atoms with van der Waals surface area (Å²) >= 11 is 16.6. The molecule has 1 aromatic heterocycles. The fraction of sp³-hybridized carbons (Fsp3) is 0.167. The van der Waals surface area contributed by atoms with Gasteiger partial charge in [0.15, 0.2) is 0 Å². The molecule has 140 valence electrons. The summed E-state index contributed by atoms with van der Waals surface area (Å²) < 4.78 is 6.41. The molecular formula is C18H14BrCl2N3O2S. The summed E-state index contributed by atoms with van der Waals surface area (Å²) in [4.78, 5) is 12.2. The number of carbonyl (C=O) groups is 1. The van der Waals surface area contributed by atoms with E-state index >= 15 is 0 Å². The Bertz CT molecular complexity index is 1010. The van der Waals surface area contributed by atoms with Crippen molar-refractivity contribution in [3.8, 4) is 11.5 Å². The van der Waals surface area contributed by atoms with Crippen LogP contribution in [0.25, 0.3) is 11.5 Å². The van der Waals surface area contributed by atoms with Gasteiger partial charge < -0.3 is 9.73 Å². The molecule has 27 heavy (non-hydrogen) atoms. The van der Waals surface area contributed by atoms with Gasteiger partial charge in [0.25, 0.3) is 5.22 Å². The van der Waals surface area contributed by atoms with Gasteiger partial charge in [0.1, 0.15) is 0 Å². The van der Waals surface area contributed by atoms with Gasteiger partial charge in [-0.1, -0.05) is 35.0 Å². The van der Waals surface area contributed by atoms with Crippen LogP contribution in [0.4, 0.5) is 5.69 Å². The third-order valence-electron chi connectivity index (χ3n) is 3.75. The first-order valence-electron chi connectivity index (χ1n) is 7.82. The lowest BCUT2D eigenvalue weighted by Crippen LogP contribution is -2.14. The number of hydrogen-bond donors (Lipinski definition) is 1. The first kappa shape index (κ1) is 20.2. The molecule has 3 rings (SSSR count). The maximum Gasteiger partial charge on any atom is 0.277 e. The molecule has 0 aliphatic carbocycles. The second-order valence-corrected chi connectivity index (χ2v) is 8.38. The molecule has 0 saturated heterocycles. The van der Waals surface area contributed by atoms with E-state index in [4.69, 9.17) is 27.6 Å². The van der Waals surface area contributed by atoms with Crippen molar-refractivity contribution in [2.45, 2.75) is 19.1 Å². The predicted molar refractivity (Wildman–Crippen MR) is 113 cm³/mol. The van der Waals surface area contributed by atoms with Crippen molar-refractivity contribution >= 4 is 62.5 Å². The number of amides is 1. The van der Waals surface area contributed by atoms with Crippen LogP contribution in [0.2, 0.25) is 10.0 Å². The lowest BCUT2D eigenvalue weighted by molar-refractivity contribution is -0.113. The van der Waals surface area contributed by atoms with Gasteiger partial charge >= 0.3 is 0 Å². The summed E-state index contributed by atoms with van der Waals surface area (Å²) in [5.41, 5.74) is 3.56. The van der Waals surface area contributed by atoms with Gasteiger partial charge in [-0.05, 0) is 71.2 Å². The number of aromatic nitrogens is 2. The summed E-state index contributed by atoms with van der Waals surface area (Å²) in [6.45, 7) is 4.01. The standard InChI is InChI=1S/C18H14BrCl2N3O2S/c1-9-5-13(19)15(6-10(9)2)22-16(25)8-27-18-24-23-17(26-18)12-4-3-11(20)7-14(12)21/h3-7H,8H2,1-2H3,(H,22,25). The van der Waals surface area contributed by atoms with E-state index in [1.54, 1.807) is 18.2 Å². The van der Waals surface area contributed by atoms with Crippen molar-refractivity contribution in [3.05, 3.63) is 56.0 Å². The lowest BCUT2D eigenvalue weighted by Gasteiger charge is -2.09. The first-order chi connectivity index (χ1) is 12.8. The maximum absolute atomic E-state index is 12.2. The Balaban J connectivity index is 1.63. The monoisotopic (exact) mass is 485 g/mol. The molecule has 0 fully saturated rings. The van der Waals surface area contributed by atoms with E-state index in [0.717, 1.165) is 33.0 Å². The van der Waals surface area contributed by atoms with Gasteiger partial charge in [0, 0.05) is 9.50 Å². The van der Waals surface area contributed by atoms with E-state index in [1.165, 1.54) is 0 Å². The van der Waals surface area contributed by atoms with Crippen LogP contribution in [0.3, 0.4) is 0 Å². The van der Waals surface area contributed by atoms with Crippen LogP contribution in [0.15, 0.2) is 44.4 Å². The van der Waals surface area contributed by atoms with Gasteiger partial charge in [-0.3, -0.25) is 4.79 Å². The number of nitrogens with one attached hydrogen (secondary N) is 1. The Morgan fingerprint density at radius 1 is 1.19 bits per heavy atom. The second kappa shape index (κ2) is 8.65. The van der Waals surface area contributed by atoms with E-state index in [9.17, 15) is 4.79 Å². The number of rotatable bonds is 5. The average molecular weight is 487 g/mol. The molecule has 0 bridgehead atoms. The average Bonchev–Trinajstić information content (AvgIpc) is 3.06. The molecule has 0 saturated carbocycles. The van der Waals surface area contributed by atoms with Crippen LogP contribution in [0.5, 0.6) is 0 Å². The number of carbonyl (C=O) groups excluding carboxylic acids is 1. The van der Waals surface area contributed by atoms with Crippen LogP contribution < -0.4 is 5.32 Å². The molecule has 0 atom stereocenters. The van der Waals surface area contributed by atoms with Gasteiger partial charge in [-0.25, -0.2) is 0 Å². The minimum Gasteiger partial charge on any atom is -0.411 e. The summed E-state index contributed by atoms with van der Waals surface area (Å²) in [6.07, 6.45) is 0. The smallest absolute Gasteiger partial charge is 0.277 e. The molecule has 5 nitrogen and oxygen atoms in total. The Morgan fingerprint density at radius 2 is 1.93 bits per heavy atom. The normalized spacial score (nSPS) is 10.9. The van der Waals surface area contributed by atoms with Gasteiger partial charge in [0.05, 0.1) is 22.0 Å². The summed E-state index contributed by atoms with van der Waals surface area (Å²) in [5.74, 6) is 0.236. The third-order valence-corrected chi connectivity index (χ3v) is 5.77.